The van der Waals surface area contributed by atoms with Crippen molar-refractivity contribution >= 4 is 28.2 Å². The fourth-order valence-corrected chi connectivity index (χ4v) is 2.13. The topological polar surface area (TPSA) is 97.0 Å². The van der Waals surface area contributed by atoms with Crippen LogP contribution in [0.3, 0.4) is 0 Å². The Balaban J connectivity index is 1.98. The van der Waals surface area contributed by atoms with Crippen LogP contribution in [-0.4, -0.2) is 34.2 Å². The van der Waals surface area contributed by atoms with Crippen molar-refractivity contribution < 1.29 is 14.3 Å². The van der Waals surface area contributed by atoms with Gasteiger partial charge in [-0.25, -0.2) is 4.98 Å². The molecule has 2 rings (SSSR count). The van der Waals surface area contributed by atoms with Crippen molar-refractivity contribution in [1.82, 2.24) is 15.2 Å². The van der Waals surface area contributed by atoms with E-state index in [9.17, 15) is 9.59 Å². The maximum Gasteiger partial charge on any atom is 0.310 e. The third-order valence-electron chi connectivity index (χ3n) is 2.07. The molecule has 0 aliphatic heterocycles. The normalized spacial score (nSPS) is 10.1. The number of thiophene rings is 1. The number of aromatic nitrogens is 3. The van der Waals surface area contributed by atoms with E-state index in [0.717, 1.165) is 4.88 Å². The van der Waals surface area contributed by atoms with Gasteiger partial charge in [0.05, 0.1) is 18.5 Å². The van der Waals surface area contributed by atoms with Crippen LogP contribution in [0.2, 0.25) is 0 Å². The molecule has 0 atom stereocenters. The van der Waals surface area contributed by atoms with E-state index in [4.69, 9.17) is 0 Å². The molecule has 0 aliphatic rings. The number of anilines is 1. The van der Waals surface area contributed by atoms with Crippen LogP contribution in [0.4, 0.5) is 5.00 Å². The van der Waals surface area contributed by atoms with E-state index < -0.39 is 0 Å². The summed E-state index contributed by atoms with van der Waals surface area (Å²) in [5, 5.41) is 9.33. The number of amides is 1. The van der Waals surface area contributed by atoms with Crippen molar-refractivity contribution in [2.75, 3.05) is 12.4 Å². The van der Waals surface area contributed by atoms with E-state index in [-0.39, 0.29) is 24.1 Å². The van der Waals surface area contributed by atoms with Gasteiger partial charge in [-0.15, -0.1) is 11.3 Å². The third-order valence-corrected chi connectivity index (χ3v) is 3.08. The van der Waals surface area contributed by atoms with Gasteiger partial charge in [0.15, 0.2) is 0 Å². The molecule has 0 spiro atoms. The summed E-state index contributed by atoms with van der Waals surface area (Å²) in [7, 11) is 1.34. The minimum atomic E-state index is -0.376. The smallest absolute Gasteiger partial charge is 0.310 e. The van der Waals surface area contributed by atoms with Gasteiger partial charge in [-0.05, 0) is 12.1 Å². The molecule has 0 radical (unpaired) electrons. The summed E-state index contributed by atoms with van der Waals surface area (Å²) in [6.45, 7) is 0. The van der Waals surface area contributed by atoms with Crippen LogP contribution < -0.4 is 5.32 Å². The highest BCUT2D eigenvalue weighted by Crippen LogP contribution is 2.22. The Morgan fingerprint density at radius 1 is 1.50 bits per heavy atom. The van der Waals surface area contributed by atoms with E-state index in [1.807, 2.05) is 0 Å². The number of esters is 1. The summed E-state index contributed by atoms with van der Waals surface area (Å²) in [5.74, 6) is -0.554. The molecule has 7 nitrogen and oxygen atoms in total. The molecule has 0 saturated carbocycles. The van der Waals surface area contributed by atoms with Crippen molar-refractivity contribution in [2.45, 2.75) is 6.42 Å². The molecule has 0 saturated heterocycles. The second-order valence-electron chi connectivity index (χ2n) is 3.31. The number of carbonyl (C=O) groups excluding carboxylic acids is 2. The molecular formula is C10H10N4O3S. The van der Waals surface area contributed by atoms with Gasteiger partial charge >= 0.3 is 5.97 Å². The first kappa shape index (κ1) is 12.2. The number of aromatic amines is 1. The van der Waals surface area contributed by atoms with Gasteiger partial charge in [0.2, 0.25) is 5.82 Å². The fraction of sp³-hybridized carbons (Fsp3) is 0.200. The largest absolute Gasteiger partial charge is 0.469 e. The van der Waals surface area contributed by atoms with Crippen LogP contribution >= 0.6 is 11.3 Å². The highest BCUT2D eigenvalue weighted by molar-refractivity contribution is 7.16. The van der Waals surface area contributed by atoms with Gasteiger partial charge in [-0.2, -0.15) is 5.10 Å². The zero-order valence-corrected chi connectivity index (χ0v) is 10.3. The lowest BCUT2D eigenvalue weighted by Crippen LogP contribution is -2.12. The first-order valence-electron chi connectivity index (χ1n) is 5.01. The Hall–Kier alpha value is -2.22. The monoisotopic (exact) mass is 266 g/mol. The van der Waals surface area contributed by atoms with Crippen molar-refractivity contribution in [3.05, 3.63) is 29.2 Å². The average Bonchev–Trinajstić information content (AvgIpc) is 3.00. The number of methoxy groups -OCH3 is 1. The summed E-state index contributed by atoms with van der Waals surface area (Å²) < 4.78 is 4.56. The number of carbonyl (C=O) groups is 2. The zero-order valence-electron chi connectivity index (χ0n) is 9.47. The molecule has 0 bridgehead atoms. The van der Waals surface area contributed by atoms with Gasteiger partial charge in [-0.1, -0.05) is 0 Å². The Kier molecular flexibility index (Phi) is 3.68. The highest BCUT2D eigenvalue weighted by atomic mass is 32.1. The van der Waals surface area contributed by atoms with Crippen LogP contribution in [0.25, 0.3) is 0 Å². The first-order valence-corrected chi connectivity index (χ1v) is 5.83. The lowest BCUT2D eigenvalue weighted by Gasteiger charge is -1.98. The van der Waals surface area contributed by atoms with E-state index in [1.54, 1.807) is 12.1 Å². The maximum absolute atomic E-state index is 11.6. The molecule has 18 heavy (non-hydrogen) atoms. The predicted octanol–water partition coefficient (Wildman–Crippen LogP) is 0.834. The van der Waals surface area contributed by atoms with Crippen LogP contribution in [0, 0.1) is 0 Å². The number of H-pyrrole nitrogens is 1. The minimum absolute atomic E-state index is 0.137. The molecule has 8 heteroatoms. The van der Waals surface area contributed by atoms with E-state index in [1.165, 1.54) is 24.8 Å². The zero-order chi connectivity index (χ0) is 13.0. The van der Waals surface area contributed by atoms with Gasteiger partial charge in [0.1, 0.15) is 6.33 Å². The standard InChI is InChI=1S/C10H10N4O3S/c1-17-8(15)4-6-2-3-7(18-6)13-10(16)9-11-5-12-14-9/h2-3,5H,4H2,1H3,(H,13,16)(H,11,12,14). The predicted molar refractivity (Wildman–Crippen MR) is 64.4 cm³/mol. The molecule has 1 amide bonds. The minimum Gasteiger partial charge on any atom is -0.469 e. The van der Waals surface area contributed by atoms with Crippen LogP contribution in [0.15, 0.2) is 18.5 Å². The molecule has 2 aromatic heterocycles. The van der Waals surface area contributed by atoms with Gasteiger partial charge in [0, 0.05) is 4.88 Å². The third kappa shape index (κ3) is 2.92. The lowest BCUT2D eigenvalue weighted by atomic mass is 10.3. The summed E-state index contributed by atoms with van der Waals surface area (Å²) in [6.07, 6.45) is 1.45. The van der Waals surface area contributed by atoms with Crippen molar-refractivity contribution in [3.63, 3.8) is 0 Å². The Morgan fingerprint density at radius 3 is 3.00 bits per heavy atom. The molecule has 2 N–H and O–H groups in total. The summed E-state index contributed by atoms with van der Waals surface area (Å²) in [6, 6.07) is 3.48. The van der Waals surface area contributed by atoms with Gasteiger partial charge in [-0.3, -0.25) is 14.7 Å². The molecule has 94 valence electrons. The first-order chi connectivity index (χ1) is 8.69. The number of nitrogens with zero attached hydrogens (tertiary/aromatic N) is 2. The second-order valence-corrected chi connectivity index (χ2v) is 4.48. The Morgan fingerprint density at radius 2 is 2.33 bits per heavy atom. The SMILES string of the molecule is COC(=O)Cc1ccc(NC(=O)c2ncn[nH]2)s1. The molecule has 0 aromatic carbocycles. The number of hydrogen-bond donors (Lipinski definition) is 2. The van der Waals surface area contributed by atoms with Crippen molar-refractivity contribution in [2.24, 2.45) is 0 Å². The highest BCUT2D eigenvalue weighted by Gasteiger charge is 2.11. The lowest BCUT2D eigenvalue weighted by molar-refractivity contribution is -0.139. The fourth-order valence-electron chi connectivity index (χ4n) is 1.24. The van der Waals surface area contributed by atoms with Crippen LogP contribution in [0.5, 0.6) is 0 Å². The molecule has 0 aliphatic carbocycles. The van der Waals surface area contributed by atoms with Crippen molar-refractivity contribution in [1.29, 1.82) is 0 Å². The quantitative estimate of drug-likeness (QED) is 0.799. The number of nitrogens with one attached hydrogen (secondary N) is 2. The number of rotatable bonds is 4. The molecule has 0 unspecified atom stereocenters. The Labute approximate surface area is 106 Å². The number of hydrogen-bond acceptors (Lipinski definition) is 6. The van der Waals surface area contributed by atoms with Gasteiger partial charge < -0.3 is 10.1 Å². The maximum atomic E-state index is 11.6. The summed E-state index contributed by atoms with van der Waals surface area (Å²) in [5.41, 5.74) is 0. The van der Waals surface area contributed by atoms with E-state index in [0.29, 0.717) is 5.00 Å². The summed E-state index contributed by atoms with van der Waals surface area (Å²) >= 11 is 1.31. The Bertz CT molecular complexity index is 549. The average molecular weight is 266 g/mol. The second kappa shape index (κ2) is 5.41. The number of ether oxygens (including phenoxy) is 1. The van der Waals surface area contributed by atoms with Gasteiger partial charge in [0.25, 0.3) is 5.91 Å². The summed E-state index contributed by atoms with van der Waals surface area (Å²) in [4.78, 5) is 27.3. The van der Waals surface area contributed by atoms with E-state index in [2.05, 4.69) is 25.2 Å². The van der Waals surface area contributed by atoms with Crippen LogP contribution in [0.1, 0.15) is 15.5 Å². The molecular weight excluding hydrogens is 256 g/mol. The van der Waals surface area contributed by atoms with Crippen LogP contribution in [-0.2, 0) is 16.0 Å². The van der Waals surface area contributed by atoms with Crippen molar-refractivity contribution in [3.8, 4) is 0 Å². The molecule has 0 fully saturated rings. The van der Waals surface area contributed by atoms with E-state index >= 15 is 0 Å². The molecule has 2 aromatic rings. The molecule has 2 heterocycles.